The van der Waals surface area contributed by atoms with E-state index in [9.17, 15) is 0 Å². The maximum atomic E-state index is 2.37. The first kappa shape index (κ1) is 15.5. The van der Waals surface area contributed by atoms with E-state index in [-0.39, 0.29) is 0 Å². The van der Waals surface area contributed by atoms with Gasteiger partial charge in [-0.25, -0.2) is 0 Å². The molecule has 0 saturated heterocycles. The van der Waals surface area contributed by atoms with Gasteiger partial charge >= 0.3 is 96.2 Å². The van der Waals surface area contributed by atoms with Crippen molar-refractivity contribution in [3.05, 3.63) is 12.2 Å². The van der Waals surface area contributed by atoms with Crippen molar-refractivity contribution < 1.29 is 0 Å². The van der Waals surface area contributed by atoms with Gasteiger partial charge in [-0.2, -0.15) is 0 Å². The molecule has 0 atom stereocenters. The van der Waals surface area contributed by atoms with E-state index >= 15 is 0 Å². The van der Waals surface area contributed by atoms with E-state index in [1.165, 1.54) is 68.8 Å². The van der Waals surface area contributed by atoms with Crippen LogP contribution in [0.2, 0.25) is 4.55 Å². The summed E-state index contributed by atoms with van der Waals surface area (Å²) >= 11 is 2.06. The van der Waals surface area contributed by atoms with Crippen LogP contribution in [0.4, 0.5) is 0 Å². The van der Waals surface area contributed by atoms with Crippen molar-refractivity contribution in [3.63, 3.8) is 0 Å². The second-order valence-electron chi connectivity index (χ2n) is 4.38. The molecule has 0 radical (unpaired) electrons. The third-order valence-corrected chi connectivity index (χ3v) is 3.17. The molecule has 0 fully saturated rings. The van der Waals surface area contributed by atoms with Crippen molar-refractivity contribution in [1.29, 1.82) is 0 Å². The first-order chi connectivity index (χ1) is 7.41. The van der Waals surface area contributed by atoms with Gasteiger partial charge in [0.1, 0.15) is 0 Å². The van der Waals surface area contributed by atoms with Crippen LogP contribution in [0.25, 0.3) is 0 Å². The molecular formula is C14H27Mg+. The molecule has 0 aliphatic heterocycles. The Morgan fingerprint density at radius 2 is 1.27 bits per heavy atom. The second-order valence-corrected chi connectivity index (χ2v) is 5.08. The third-order valence-electron chi connectivity index (χ3n) is 2.76. The number of unbranched alkanes of at least 4 members (excludes halogenated alkanes) is 8. The molecule has 0 nitrogen and oxygen atoms in total. The summed E-state index contributed by atoms with van der Waals surface area (Å²) in [6, 6.07) is 0. The monoisotopic (exact) mass is 219 g/mol. The fourth-order valence-corrected chi connectivity index (χ4v) is 1.99. The predicted octanol–water partition coefficient (Wildman–Crippen LogP) is 5.05. The normalized spacial score (nSPS) is 11.4. The molecule has 0 rings (SSSR count). The van der Waals surface area contributed by atoms with E-state index in [1.54, 1.807) is 0 Å². The van der Waals surface area contributed by atoms with E-state index in [0.29, 0.717) is 0 Å². The molecular weight excluding hydrogens is 192 g/mol. The molecule has 1 heteroatoms. The number of hydrogen-bond acceptors (Lipinski definition) is 0. The average molecular weight is 220 g/mol. The molecule has 0 spiro atoms. The van der Waals surface area contributed by atoms with Crippen molar-refractivity contribution in [1.82, 2.24) is 0 Å². The summed E-state index contributed by atoms with van der Waals surface area (Å²) < 4.78 is 1.31. The Kier molecular flexibility index (Phi) is 15.0. The molecule has 15 heavy (non-hydrogen) atoms. The third kappa shape index (κ3) is 14.5. The van der Waals surface area contributed by atoms with Crippen molar-refractivity contribution in [2.75, 3.05) is 0 Å². The average Bonchev–Trinajstić information content (AvgIpc) is 2.26. The van der Waals surface area contributed by atoms with Crippen LogP contribution in [0, 0.1) is 0 Å². The van der Waals surface area contributed by atoms with Gasteiger partial charge in [-0.15, -0.1) is 0 Å². The van der Waals surface area contributed by atoms with Crippen LogP contribution in [0.3, 0.4) is 0 Å². The summed E-state index contributed by atoms with van der Waals surface area (Å²) in [5.41, 5.74) is 0. The molecule has 0 aromatic heterocycles. The minimum atomic E-state index is 1.27. The van der Waals surface area contributed by atoms with E-state index in [0.717, 1.165) is 0 Å². The van der Waals surface area contributed by atoms with Crippen LogP contribution in [0.15, 0.2) is 12.2 Å². The standard InChI is InChI=1S/C14H27.Mg/c1-3-5-7-9-11-13-14-12-10-8-6-4-2;/h5,7H,1,3-4,6,8-14H2,2H3;/q;+1/b7-5+;. The maximum absolute atomic E-state index is 2.37. The molecule has 0 saturated carbocycles. The SMILES string of the molecule is CCCCCCCCCC/C=C/C[CH2][Mg+]. The summed E-state index contributed by atoms with van der Waals surface area (Å²) in [7, 11) is 0. The molecule has 0 N–H and O–H groups in total. The Labute approximate surface area is 109 Å². The molecule has 0 aliphatic carbocycles. The van der Waals surface area contributed by atoms with Gasteiger partial charge in [0.15, 0.2) is 0 Å². The number of allylic oxidation sites excluding steroid dienone is 2. The van der Waals surface area contributed by atoms with Crippen LogP contribution in [0.5, 0.6) is 0 Å². The Morgan fingerprint density at radius 1 is 0.733 bits per heavy atom. The fourth-order valence-electron chi connectivity index (χ4n) is 1.75. The molecule has 0 aromatic rings. The molecule has 84 valence electrons. The summed E-state index contributed by atoms with van der Waals surface area (Å²) in [6.45, 7) is 2.28. The van der Waals surface area contributed by atoms with Crippen molar-refractivity contribution in [2.45, 2.75) is 75.7 Å². The van der Waals surface area contributed by atoms with Gasteiger partial charge in [0.25, 0.3) is 0 Å². The van der Waals surface area contributed by atoms with Crippen LogP contribution >= 0.6 is 0 Å². The fraction of sp³-hybridized carbons (Fsp3) is 0.857. The molecule has 0 heterocycles. The Balaban J connectivity index is 2.92. The van der Waals surface area contributed by atoms with E-state index < -0.39 is 0 Å². The zero-order valence-corrected chi connectivity index (χ0v) is 12.1. The second kappa shape index (κ2) is 14.5. The molecule has 0 bridgehead atoms. The van der Waals surface area contributed by atoms with Crippen LogP contribution in [0.1, 0.15) is 71.1 Å². The van der Waals surface area contributed by atoms with E-state index in [1.807, 2.05) is 0 Å². The topological polar surface area (TPSA) is 0 Å². The summed E-state index contributed by atoms with van der Waals surface area (Å²) in [6.07, 6.45) is 18.7. The Bertz CT molecular complexity index is 129. The molecule has 0 aliphatic rings. The summed E-state index contributed by atoms with van der Waals surface area (Å²) in [5.74, 6) is 0. The number of rotatable bonds is 11. The molecule has 0 amide bonds. The van der Waals surface area contributed by atoms with Gasteiger partial charge in [0, 0.05) is 0 Å². The summed E-state index contributed by atoms with van der Waals surface area (Å²) in [5, 5.41) is 0. The first-order valence-electron chi connectivity index (χ1n) is 6.86. The van der Waals surface area contributed by atoms with Gasteiger partial charge in [-0.3, -0.25) is 0 Å². The predicted molar refractivity (Wildman–Crippen MR) is 71.5 cm³/mol. The van der Waals surface area contributed by atoms with Gasteiger partial charge in [0.05, 0.1) is 0 Å². The van der Waals surface area contributed by atoms with Crippen LogP contribution < -0.4 is 0 Å². The Morgan fingerprint density at radius 3 is 1.87 bits per heavy atom. The van der Waals surface area contributed by atoms with E-state index in [4.69, 9.17) is 0 Å². The van der Waals surface area contributed by atoms with Gasteiger partial charge in [0.2, 0.25) is 0 Å². The Hall–Kier alpha value is 0.506. The van der Waals surface area contributed by atoms with Crippen LogP contribution in [-0.4, -0.2) is 21.7 Å². The van der Waals surface area contributed by atoms with Gasteiger partial charge in [-0.05, 0) is 0 Å². The zero-order valence-electron chi connectivity index (χ0n) is 10.6. The van der Waals surface area contributed by atoms with E-state index in [2.05, 4.69) is 40.8 Å². The molecule has 0 unspecified atom stereocenters. The van der Waals surface area contributed by atoms with Gasteiger partial charge < -0.3 is 0 Å². The van der Waals surface area contributed by atoms with Crippen molar-refractivity contribution in [2.24, 2.45) is 0 Å². The van der Waals surface area contributed by atoms with Crippen molar-refractivity contribution in [3.8, 4) is 0 Å². The van der Waals surface area contributed by atoms with Crippen LogP contribution in [-0.2, 0) is 0 Å². The first-order valence-corrected chi connectivity index (χ1v) is 7.86. The summed E-state index contributed by atoms with van der Waals surface area (Å²) in [4.78, 5) is 0. The quantitative estimate of drug-likeness (QED) is 0.259. The number of hydrogen-bond donors (Lipinski definition) is 0. The minimum absolute atomic E-state index is 1.27. The van der Waals surface area contributed by atoms with Gasteiger partial charge in [-0.1, -0.05) is 13.3 Å². The van der Waals surface area contributed by atoms with Crippen molar-refractivity contribution >= 4 is 21.7 Å². The zero-order chi connectivity index (χ0) is 11.2. The molecule has 0 aromatic carbocycles.